The molecule has 0 radical (unpaired) electrons. The van der Waals surface area contributed by atoms with E-state index in [1.165, 1.54) is 17.3 Å². The van der Waals surface area contributed by atoms with Crippen LogP contribution in [0, 0.1) is 6.92 Å². The molecule has 2 aliphatic rings. The molecule has 10 nitrogen and oxygen atoms in total. The Labute approximate surface area is 223 Å². The van der Waals surface area contributed by atoms with Crippen molar-refractivity contribution in [1.29, 1.82) is 0 Å². The summed E-state index contributed by atoms with van der Waals surface area (Å²) < 4.78 is 1.71. The van der Waals surface area contributed by atoms with E-state index < -0.39 is 0 Å². The molecule has 10 heteroatoms. The fraction of sp³-hybridized carbons (Fsp3) is 0.464. The molecule has 4 heterocycles. The molecule has 1 aromatic carbocycles. The van der Waals surface area contributed by atoms with Gasteiger partial charge in [-0.25, -0.2) is 9.97 Å². The molecule has 0 aliphatic carbocycles. The molecule has 0 spiro atoms. The number of amides is 1. The van der Waals surface area contributed by atoms with Crippen molar-refractivity contribution in [1.82, 2.24) is 29.3 Å². The lowest BCUT2D eigenvalue weighted by Crippen LogP contribution is -2.44. The number of nitrogens with one attached hydrogen (secondary N) is 1. The molecule has 1 N–H and O–H groups in total. The van der Waals surface area contributed by atoms with Gasteiger partial charge in [0.2, 0.25) is 11.9 Å². The fourth-order valence-electron chi connectivity index (χ4n) is 5.34. The molecular weight excluding hydrogens is 480 g/mol. The van der Waals surface area contributed by atoms with Crippen molar-refractivity contribution in [3.8, 4) is 0 Å². The molecule has 2 aliphatic heterocycles. The minimum absolute atomic E-state index is 0.0509. The summed E-state index contributed by atoms with van der Waals surface area (Å²) in [6.45, 7) is 14.7. The highest BCUT2D eigenvalue weighted by atomic mass is 16.2. The maximum absolute atomic E-state index is 13.6. The number of aromatic nitrogens is 4. The predicted octanol–water partition coefficient (Wildman–Crippen LogP) is 3.07. The zero-order chi connectivity index (χ0) is 27.0. The van der Waals surface area contributed by atoms with Gasteiger partial charge in [0.05, 0.1) is 12.2 Å². The van der Waals surface area contributed by atoms with Crippen LogP contribution in [0.15, 0.2) is 41.8 Å². The van der Waals surface area contributed by atoms with Crippen molar-refractivity contribution < 1.29 is 4.79 Å². The van der Waals surface area contributed by atoms with Crippen LogP contribution in [-0.4, -0.2) is 81.5 Å². The molecule has 0 saturated carbocycles. The van der Waals surface area contributed by atoms with Gasteiger partial charge in [0.25, 0.3) is 5.56 Å². The lowest BCUT2D eigenvalue weighted by Gasteiger charge is -2.35. The standard InChI is InChI=1S/C28H36N8O2/c1-6-24(37)35-10-9-21(17-35)36-26-22(31-25(18(2)3)27(36)38)16-29-28(32-26)30-20-7-8-23(19(4)15-20)34-13-11-33(5)12-14-34/h6-8,15-16,18,21H,1,9-14,17H2,2-5H3,(H,29,30,32)/t21-/m0/s1. The molecule has 1 amide bonds. The first kappa shape index (κ1) is 25.8. The highest BCUT2D eigenvalue weighted by molar-refractivity contribution is 5.87. The first-order valence-electron chi connectivity index (χ1n) is 13.3. The molecule has 0 unspecified atom stereocenters. The highest BCUT2D eigenvalue weighted by Crippen LogP contribution is 2.28. The van der Waals surface area contributed by atoms with E-state index >= 15 is 0 Å². The second-order valence-corrected chi connectivity index (χ2v) is 10.6. The Morgan fingerprint density at radius 1 is 1.16 bits per heavy atom. The summed E-state index contributed by atoms with van der Waals surface area (Å²) in [6.07, 6.45) is 3.64. The minimum atomic E-state index is -0.192. The number of hydrogen-bond donors (Lipinski definition) is 1. The summed E-state index contributed by atoms with van der Waals surface area (Å²) in [6, 6.07) is 6.09. The summed E-state index contributed by atoms with van der Waals surface area (Å²) in [5.74, 6) is 0.217. The van der Waals surface area contributed by atoms with Crippen LogP contribution in [-0.2, 0) is 4.79 Å². The molecule has 2 saturated heterocycles. The average molecular weight is 517 g/mol. The van der Waals surface area contributed by atoms with Crippen LogP contribution in [0.2, 0.25) is 0 Å². The molecule has 3 aromatic rings. The number of piperazine rings is 1. The summed E-state index contributed by atoms with van der Waals surface area (Å²) in [4.78, 5) is 46.1. The number of anilines is 3. The number of likely N-dealkylation sites (N-methyl/N-ethyl adjacent to an activating group) is 1. The van der Waals surface area contributed by atoms with Gasteiger partial charge in [-0.2, -0.15) is 4.98 Å². The number of fused-ring (bicyclic) bond motifs is 1. The largest absolute Gasteiger partial charge is 0.369 e. The third-order valence-corrected chi connectivity index (χ3v) is 7.52. The molecule has 5 rings (SSSR count). The Kier molecular flexibility index (Phi) is 7.16. The van der Waals surface area contributed by atoms with E-state index in [1.807, 2.05) is 19.9 Å². The van der Waals surface area contributed by atoms with Crippen LogP contribution < -0.4 is 15.8 Å². The van der Waals surface area contributed by atoms with Gasteiger partial charge in [-0.15, -0.1) is 0 Å². The Bertz CT molecular complexity index is 1420. The average Bonchev–Trinajstić information content (AvgIpc) is 3.38. The predicted molar refractivity (Wildman–Crippen MR) is 150 cm³/mol. The lowest BCUT2D eigenvalue weighted by atomic mass is 10.1. The van der Waals surface area contributed by atoms with Crippen molar-refractivity contribution >= 4 is 34.4 Å². The quantitative estimate of drug-likeness (QED) is 0.499. The lowest BCUT2D eigenvalue weighted by molar-refractivity contribution is -0.125. The van der Waals surface area contributed by atoms with Crippen molar-refractivity contribution in [3.05, 3.63) is 58.7 Å². The first-order chi connectivity index (χ1) is 18.2. The smallest absolute Gasteiger partial charge is 0.274 e. The number of carbonyl (C=O) groups excluding carboxylic acids is 1. The van der Waals surface area contributed by atoms with E-state index in [2.05, 4.69) is 57.8 Å². The van der Waals surface area contributed by atoms with Gasteiger partial charge in [0.15, 0.2) is 5.65 Å². The maximum atomic E-state index is 13.6. The van der Waals surface area contributed by atoms with Crippen LogP contribution in [0.5, 0.6) is 0 Å². The van der Waals surface area contributed by atoms with E-state index in [0.29, 0.717) is 42.3 Å². The maximum Gasteiger partial charge on any atom is 0.274 e. The van der Waals surface area contributed by atoms with E-state index in [9.17, 15) is 9.59 Å². The number of aryl methyl sites for hydroxylation is 1. The van der Waals surface area contributed by atoms with Gasteiger partial charge in [-0.1, -0.05) is 20.4 Å². The van der Waals surface area contributed by atoms with Crippen LogP contribution in [0.4, 0.5) is 17.3 Å². The summed E-state index contributed by atoms with van der Waals surface area (Å²) >= 11 is 0. The number of nitrogens with zero attached hydrogens (tertiary/aromatic N) is 7. The molecule has 1 atom stereocenters. The SMILES string of the molecule is C=CC(=O)N1CC[C@H](n2c(=O)c(C(C)C)nc3cnc(Nc4ccc(N5CCN(C)CC5)c(C)c4)nc32)C1. The van der Waals surface area contributed by atoms with Gasteiger partial charge >= 0.3 is 0 Å². The molecule has 2 aromatic heterocycles. The van der Waals surface area contributed by atoms with Crippen LogP contribution in [0.25, 0.3) is 11.2 Å². The number of likely N-dealkylation sites (tertiary alicyclic amines) is 1. The zero-order valence-corrected chi connectivity index (χ0v) is 22.6. The number of rotatable bonds is 6. The number of carbonyl (C=O) groups is 1. The Morgan fingerprint density at radius 3 is 2.61 bits per heavy atom. The van der Waals surface area contributed by atoms with Crippen LogP contribution in [0.1, 0.15) is 43.5 Å². The Balaban J connectivity index is 1.47. The van der Waals surface area contributed by atoms with Crippen LogP contribution in [0.3, 0.4) is 0 Å². The molecule has 38 heavy (non-hydrogen) atoms. The summed E-state index contributed by atoms with van der Waals surface area (Å²) in [7, 11) is 2.16. The minimum Gasteiger partial charge on any atom is -0.369 e. The van der Waals surface area contributed by atoms with E-state index in [0.717, 1.165) is 31.9 Å². The monoisotopic (exact) mass is 516 g/mol. The normalized spacial score (nSPS) is 18.4. The highest BCUT2D eigenvalue weighted by Gasteiger charge is 2.30. The Hall–Kier alpha value is -3.79. The molecule has 2 fully saturated rings. The van der Waals surface area contributed by atoms with Crippen molar-refractivity contribution in [3.63, 3.8) is 0 Å². The molecular formula is C28H36N8O2. The van der Waals surface area contributed by atoms with Crippen molar-refractivity contribution in [2.75, 3.05) is 56.5 Å². The Morgan fingerprint density at radius 2 is 1.92 bits per heavy atom. The van der Waals surface area contributed by atoms with Gasteiger partial charge < -0.3 is 20.0 Å². The first-order valence-corrected chi connectivity index (χ1v) is 13.3. The van der Waals surface area contributed by atoms with Gasteiger partial charge in [0.1, 0.15) is 11.2 Å². The zero-order valence-electron chi connectivity index (χ0n) is 22.6. The summed E-state index contributed by atoms with van der Waals surface area (Å²) in [5.41, 5.74) is 4.65. The number of hydrogen-bond acceptors (Lipinski definition) is 8. The van der Waals surface area contributed by atoms with E-state index in [1.54, 1.807) is 15.7 Å². The molecule has 200 valence electrons. The van der Waals surface area contributed by atoms with Crippen molar-refractivity contribution in [2.24, 2.45) is 0 Å². The second-order valence-electron chi connectivity index (χ2n) is 10.6. The fourth-order valence-corrected chi connectivity index (χ4v) is 5.34. The van der Waals surface area contributed by atoms with Crippen molar-refractivity contribution in [2.45, 2.75) is 39.2 Å². The van der Waals surface area contributed by atoms with E-state index in [-0.39, 0.29) is 23.4 Å². The van der Waals surface area contributed by atoms with Gasteiger partial charge in [-0.3, -0.25) is 14.2 Å². The van der Waals surface area contributed by atoms with Crippen LogP contribution >= 0.6 is 0 Å². The third kappa shape index (κ3) is 5.00. The topological polar surface area (TPSA) is 99.5 Å². The molecule has 0 bridgehead atoms. The van der Waals surface area contributed by atoms with Gasteiger partial charge in [0, 0.05) is 56.6 Å². The summed E-state index contributed by atoms with van der Waals surface area (Å²) in [5, 5.41) is 3.31. The third-order valence-electron chi connectivity index (χ3n) is 7.52. The second kappa shape index (κ2) is 10.5. The number of benzene rings is 1. The van der Waals surface area contributed by atoms with Gasteiger partial charge in [-0.05, 0) is 50.2 Å². The van der Waals surface area contributed by atoms with E-state index in [4.69, 9.17) is 4.98 Å².